The van der Waals surface area contributed by atoms with Gasteiger partial charge in [-0.05, 0) is 26.3 Å². The van der Waals surface area contributed by atoms with E-state index in [1.807, 2.05) is 0 Å². The Morgan fingerprint density at radius 1 is 1.19 bits per heavy atom. The molecule has 31 heavy (non-hydrogen) atoms. The fourth-order valence-electron chi connectivity index (χ4n) is 3.38. The van der Waals surface area contributed by atoms with Crippen LogP contribution in [0.5, 0.6) is 0 Å². The molecule has 0 radical (unpaired) electrons. The number of aliphatic hydroxyl groups is 1. The zero-order valence-electron chi connectivity index (χ0n) is 16.3. The third kappa shape index (κ3) is 3.92. The summed E-state index contributed by atoms with van der Waals surface area (Å²) in [5, 5.41) is 16.0. The van der Waals surface area contributed by atoms with E-state index in [9.17, 15) is 27.1 Å². The summed E-state index contributed by atoms with van der Waals surface area (Å²) in [4.78, 5) is 11.7. The first-order valence-electron chi connectivity index (χ1n) is 9.54. The molecular formula is C19H19F5N6O. The molecule has 12 heteroatoms. The molecule has 1 saturated heterocycles. The first kappa shape index (κ1) is 21.4. The van der Waals surface area contributed by atoms with Gasteiger partial charge >= 0.3 is 6.18 Å². The quantitative estimate of drug-likeness (QED) is 0.539. The lowest BCUT2D eigenvalue weighted by Gasteiger charge is -2.25. The molecule has 3 N–H and O–H groups in total. The minimum atomic E-state index is -4.99. The van der Waals surface area contributed by atoms with Gasteiger partial charge < -0.3 is 15.7 Å². The molecule has 1 unspecified atom stereocenters. The Morgan fingerprint density at radius 2 is 1.97 bits per heavy atom. The van der Waals surface area contributed by atoms with Crippen LogP contribution in [0.2, 0.25) is 0 Å². The zero-order valence-corrected chi connectivity index (χ0v) is 16.3. The van der Waals surface area contributed by atoms with Gasteiger partial charge in [-0.2, -0.15) is 13.2 Å². The Morgan fingerprint density at radius 3 is 2.65 bits per heavy atom. The van der Waals surface area contributed by atoms with Crippen molar-refractivity contribution >= 4 is 11.5 Å². The molecule has 1 aliphatic heterocycles. The normalized spacial score (nSPS) is 19.4. The number of hydrogen-bond acceptors (Lipinski definition) is 6. The monoisotopic (exact) mass is 442 g/mol. The van der Waals surface area contributed by atoms with Crippen LogP contribution in [-0.2, 0) is 5.60 Å². The summed E-state index contributed by atoms with van der Waals surface area (Å²) in [6.45, 7) is 2.00. The van der Waals surface area contributed by atoms with Crippen LogP contribution in [0, 0.1) is 11.6 Å². The number of pyridine rings is 1. The molecule has 3 aromatic heterocycles. The second-order valence-electron chi connectivity index (χ2n) is 7.55. The van der Waals surface area contributed by atoms with E-state index in [-0.39, 0.29) is 28.9 Å². The van der Waals surface area contributed by atoms with Crippen LogP contribution >= 0.6 is 0 Å². The van der Waals surface area contributed by atoms with Gasteiger partial charge in [0.2, 0.25) is 5.60 Å². The van der Waals surface area contributed by atoms with Gasteiger partial charge in [-0.1, -0.05) is 0 Å². The fourth-order valence-corrected chi connectivity index (χ4v) is 3.38. The zero-order chi connectivity index (χ0) is 22.4. The maximum absolute atomic E-state index is 14.6. The molecule has 0 saturated carbocycles. The van der Waals surface area contributed by atoms with E-state index in [0.717, 1.165) is 36.2 Å². The van der Waals surface area contributed by atoms with Crippen LogP contribution in [0.3, 0.4) is 0 Å². The Labute approximate surface area is 173 Å². The van der Waals surface area contributed by atoms with Crippen molar-refractivity contribution < 1.29 is 27.1 Å². The van der Waals surface area contributed by atoms with Gasteiger partial charge in [-0.25, -0.2) is 18.7 Å². The highest BCUT2D eigenvalue weighted by atomic mass is 19.4. The topological polar surface area (TPSA) is 87.4 Å². The minimum Gasteiger partial charge on any atom is -0.375 e. The van der Waals surface area contributed by atoms with E-state index >= 15 is 0 Å². The van der Waals surface area contributed by atoms with Gasteiger partial charge in [0.05, 0.1) is 23.8 Å². The summed E-state index contributed by atoms with van der Waals surface area (Å²) in [7, 11) is 0. The fraction of sp³-hybridized carbons (Fsp3) is 0.421. The Kier molecular flexibility index (Phi) is 5.30. The first-order chi connectivity index (χ1) is 14.6. The molecular weight excluding hydrogens is 423 g/mol. The number of anilines is 1. The Bertz CT molecular complexity index is 1110. The molecule has 0 aromatic carbocycles. The van der Waals surface area contributed by atoms with Gasteiger partial charge in [0.15, 0.2) is 23.1 Å². The van der Waals surface area contributed by atoms with E-state index in [1.54, 1.807) is 0 Å². The number of nitrogens with one attached hydrogen (secondary N) is 2. The molecule has 0 spiro atoms. The number of hydrogen-bond donors (Lipinski definition) is 3. The van der Waals surface area contributed by atoms with Crippen molar-refractivity contribution in [1.82, 2.24) is 24.7 Å². The number of nitrogens with zero attached hydrogens (tertiary/aromatic N) is 4. The van der Waals surface area contributed by atoms with E-state index < -0.39 is 29.1 Å². The summed E-state index contributed by atoms with van der Waals surface area (Å²) >= 11 is 0. The molecule has 4 rings (SSSR count). The number of aromatic nitrogens is 4. The highest BCUT2D eigenvalue weighted by Gasteiger charge is 2.52. The summed E-state index contributed by atoms with van der Waals surface area (Å²) in [6.07, 6.45) is -0.202. The van der Waals surface area contributed by atoms with Crippen LogP contribution in [0.4, 0.5) is 27.8 Å². The molecule has 4 heterocycles. The Hall–Kier alpha value is -2.86. The van der Waals surface area contributed by atoms with Crippen LogP contribution in [-0.4, -0.2) is 49.8 Å². The Balaban J connectivity index is 1.77. The average Bonchev–Trinajstić information content (AvgIpc) is 3.13. The van der Waals surface area contributed by atoms with Crippen molar-refractivity contribution in [3.63, 3.8) is 0 Å². The van der Waals surface area contributed by atoms with Crippen LogP contribution < -0.4 is 10.6 Å². The summed E-state index contributed by atoms with van der Waals surface area (Å²) < 4.78 is 69.7. The highest BCUT2D eigenvalue weighted by molar-refractivity contribution is 5.62. The summed E-state index contributed by atoms with van der Waals surface area (Å²) in [5.41, 5.74) is -4.16. The summed E-state index contributed by atoms with van der Waals surface area (Å²) in [6, 6.07) is 0.558. The van der Waals surface area contributed by atoms with Crippen molar-refractivity contribution in [2.75, 3.05) is 18.4 Å². The highest BCUT2D eigenvalue weighted by Crippen LogP contribution is 2.38. The molecule has 0 bridgehead atoms. The predicted octanol–water partition coefficient (Wildman–Crippen LogP) is 3.00. The van der Waals surface area contributed by atoms with Crippen molar-refractivity contribution in [1.29, 1.82) is 0 Å². The molecule has 2 atom stereocenters. The molecule has 1 fully saturated rings. The van der Waals surface area contributed by atoms with Crippen LogP contribution in [0.25, 0.3) is 17.0 Å². The molecule has 0 aliphatic carbocycles. The molecule has 166 valence electrons. The lowest BCUT2D eigenvalue weighted by atomic mass is 10.0. The number of fused-ring (bicyclic) bond motifs is 1. The van der Waals surface area contributed by atoms with Gasteiger partial charge in [0.1, 0.15) is 5.69 Å². The largest absolute Gasteiger partial charge is 0.422 e. The number of halogens is 5. The predicted molar refractivity (Wildman–Crippen MR) is 101 cm³/mol. The van der Waals surface area contributed by atoms with Gasteiger partial charge in [-0.3, -0.25) is 9.38 Å². The lowest BCUT2D eigenvalue weighted by Crippen LogP contribution is -2.40. The molecule has 3 aromatic rings. The SMILES string of the molecule is CC(O)(c1cn2c(-c3nc(N[C@@H]4CCCNC4)c(F)cc3F)cnc2cn1)C(F)(F)F. The number of piperidine rings is 1. The lowest BCUT2D eigenvalue weighted by molar-refractivity contribution is -0.260. The van der Waals surface area contributed by atoms with Crippen molar-refractivity contribution in [3.8, 4) is 11.4 Å². The number of rotatable bonds is 4. The number of imidazole rings is 1. The van der Waals surface area contributed by atoms with E-state index in [1.165, 1.54) is 6.20 Å². The summed E-state index contributed by atoms with van der Waals surface area (Å²) in [5.74, 6) is -2.06. The van der Waals surface area contributed by atoms with E-state index in [2.05, 4.69) is 25.6 Å². The second kappa shape index (κ2) is 7.68. The maximum atomic E-state index is 14.6. The third-order valence-corrected chi connectivity index (χ3v) is 5.26. The van der Waals surface area contributed by atoms with Crippen LogP contribution in [0.15, 0.2) is 24.7 Å². The minimum absolute atomic E-state index is 0.0149. The van der Waals surface area contributed by atoms with E-state index in [4.69, 9.17) is 0 Å². The maximum Gasteiger partial charge on any atom is 0.422 e. The average molecular weight is 442 g/mol. The van der Waals surface area contributed by atoms with Crippen molar-refractivity contribution in [3.05, 3.63) is 42.0 Å². The molecule has 0 amide bonds. The van der Waals surface area contributed by atoms with Crippen LogP contribution in [0.1, 0.15) is 25.5 Å². The van der Waals surface area contributed by atoms with Gasteiger partial charge in [-0.15, -0.1) is 0 Å². The van der Waals surface area contributed by atoms with Gasteiger partial charge in [0, 0.05) is 24.8 Å². The molecule has 1 aliphatic rings. The van der Waals surface area contributed by atoms with E-state index in [0.29, 0.717) is 19.5 Å². The standard InChI is InChI=1S/C19H19F5N6O/c1-18(31,19(22,23)24)14-9-30-13(7-27-15(30)8-26-14)16-11(20)5-12(21)17(29-16)28-10-3-2-4-25-6-10/h5,7-10,25,31H,2-4,6H2,1H3,(H,28,29)/t10-,18?/m1/s1. The third-order valence-electron chi connectivity index (χ3n) is 5.26. The first-order valence-corrected chi connectivity index (χ1v) is 9.54. The number of alkyl halides is 3. The smallest absolute Gasteiger partial charge is 0.375 e. The van der Waals surface area contributed by atoms with Gasteiger partial charge in [0.25, 0.3) is 0 Å². The second-order valence-corrected chi connectivity index (χ2v) is 7.55. The van der Waals surface area contributed by atoms with Crippen molar-refractivity contribution in [2.24, 2.45) is 0 Å². The molecule has 7 nitrogen and oxygen atoms in total. The van der Waals surface area contributed by atoms with Crippen molar-refractivity contribution in [2.45, 2.75) is 37.6 Å².